The van der Waals surface area contributed by atoms with Crippen LogP contribution in [-0.2, 0) is 9.59 Å². The van der Waals surface area contributed by atoms with Gasteiger partial charge in [-0.05, 0) is 25.0 Å². The molecule has 6 heteroatoms. The third-order valence-corrected chi connectivity index (χ3v) is 4.49. The van der Waals surface area contributed by atoms with Gasteiger partial charge in [0.1, 0.15) is 12.7 Å². The number of carboxylic acid groups (broad SMARTS) is 1. The summed E-state index contributed by atoms with van der Waals surface area (Å²) in [5.74, 6) is -0.728. The maximum absolute atomic E-state index is 12.3. The molecule has 0 radical (unpaired) electrons. The molecule has 3 atom stereocenters. The largest absolute Gasteiger partial charge is 0.486 e. The monoisotopic (exact) mass is 319 g/mol. The predicted molar refractivity (Wildman–Crippen MR) is 82.4 cm³/mol. The maximum atomic E-state index is 12.3. The number of rotatable bonds is 4. The summed E-state index contributed by atoms with van der Waals surface area (Å²) in [6.45, 7) is 0.681. The molecule has 1 aliphatic heterocycles. The number of amides is 1. The van der Waals surface area contributed by atoms with Crippen LogP contribution in [0.15, 0.2) is 24.3 Å². The minimum atomic E-state index is -0.879. The smallest absolute Gasteiger partial charge is 0.307 e. The van der Waals surface area contributed by atoms with Gasteiger partial charge in [-0.1, -0.05) is 25.0 Å². The van der Waals surface area contributed by atoms with Crippen molar-refractivity contribution in [2.45, 2.75) is 31.8 Å². The minimum absolute atomic E-state index is 0.195. The Balaban J connectivity index is 1.54. The molecule has 23 heavy (non-hydrogen) atoms. The summed E-state index contributed by atoms with van der Waals surface area (Å²) in [6.07, 6.45) is 2.72. The highest BCUT2D eigenvalue weighted by molar-refractivity contribution is 5.84. The predicted octanol–water partition coefficient (Wildman–Crippen LogP) is 1.83. The van der Waals surface area contributed by atoms with E-state index < -0.39 is 17.8 Å². The number of ether oxygens (including phenoxy) is 2. The van der Waals surface area contributed by atoms with E-state index in [0.717, 1.165) is 12.8 Å². The number of carboxylic acids is 1. The standard InChI is InChI=1S/C17H21NO5/c19-16(12-5-1-2-6-13(12)17(20)21)18-9-11-10-22-14-7-3-4-8-15(14)23-11/h3-4,7-8,11-13H,1-2,5-6,9-10H2,(H,18,19)(H,20,21)/t11-,12-,13-/m0/s1. The van der Waals surface area contributed by atoms with Crippen molar-refractivity contribution in [3.63, 3.8) is 0 Å². The molecular formula is C17H21NO5. The Bertz CT molecular complexity index is 588. The molecule has 1 fully saturated rings. The van der Waals surface area contributed by atoms with E-state index in [2.05, 4.69) is 5.32 Å². The van der Waals surface area contributed by atoms with Crippen LogP contribution in [-0.4, -0.2) is 36.2 Å². The van der Waals surface area contributed by atoms with E-state index in [1.54, 1.807) is 0 Å². The van der Waals surface area contributed by atoms with E-state index in [-0.39, 0.29) is 12.0 Å². The molecule has 1 aromatic carbocycles. The molecule has 1 amide bonds. The fraction of sp³-hybridized carbons (Fsp3) is 0.529. The van der Waals surface area contributed by atoms with E-state index >= 15 is 0 Å². The highest BCUT2D eigenvalue weighted by Gasteiger charge is 2.36. The summed E-state index contributed by atoms with van der Waals surface area (Å²) in [5, 5.41) is 12.1. The summed E-state index contributed by atoms with van der Waals surface area (Å²) < 4.78 is 11.4. The Hall–Kier alpha value is -2.24. The van der Waals surface area contributed by atoms with Crippen LogP contribution in [0.5, 0.6) is 11.5 Å². The number of para-hydroxylation sites is 2. The lowest BCUT2D eigenvalue weighted by atomic mass is 9.78. The summed E-state index contributed by atoms with van der Waals surface area (Å²) in [6, 6.07) is 7.40. The molecule has 1 aromatic rings. The van der Waals surface area contributed by atoms with Gasteiger partial charge in [-0.15, -0.1) is 0 Å². The number of nitrogens with one attached hydrogen (secondary N) is 1. The number of benzene rings is 1. The lowest BCUT2D eigenvalue weighted by molar-refractivity contribution is -0.149. The molecule has 124 valence electrons. The van der Waals surface area contributed by atoms with E-state index in [1.165, 1.54) is 0 Å². The number of carbonyl (C=O) groups excluding carboxylic acids is 1. The zero-order valence-corrected chi connectivity index (χ0v) is 12.9. The number of hydrogen-bond donors (Lipinski definition) is 2. The lowest BCUT2D eigenvalue weighted by Gasteiger charge is -2.29. The average Bonchev–Trinajstić information content (AvgIpc) is 2.59. The van der Waals surface area contributed by atoms with Crippen molar-refractivity contribution in [1.29, 1.82) is 0 Å². The Morgan fingerprint density at radius 3 is 2.57 bits per heavy atom. The third-order valence-electron chi connectivity index (χ3n) is 4.49. The molecule has 0 spiro atoms. The van der Waals surface area contributed by atoms with Gasteiger partial charge in [0.15, 0.2) is 11.5 Å². The van der Waals surface area contributed by atoms with Gasteiger partial charge in [-0.25, -0.2) is 0 Å². The second-order valence-electron chi connectivity index (χ2n) is 6.08. The number of carbonyl (C=O) groups is 2. The fourth-order valence-corrected chi connectivity index (χ4v) is 3.25. The second kappa shape index (κ2) is 6.89. The topological polar surface area (TPSA) is 84.9 Å². The lowest BCUT2D eigenvalue weighted by Crippen LogP contribution is -2.45. The van der Waals surface area contributed by atoms with Crippen molar-refractivity contribution >= 4 is 11.9 Å². The molecule has 2 aliphatic rings. The van der Waals surface area contributed by atoms with Gasteiger partial charge < -0.3 is 19.9 Å². The minimum Gasteiger partial charge on any atom is -0.486 e. The first-order valence-corrected chi connectivity index (χ1v) is 8.04. The maximum Gasteiger partial charge on any atom is 0.307 e. The summed E-state index contributed by atoms with van der Waals surface area (Å²) in [5.41, 5.74) is 0. The van der Waals surface area contributed by atoms with Crippen LogP contribution in [0, 0.1) is 11.8 Å². The first-order chi connectivity index (χ1) is 11.1. The van der Waals surface area contributed by atoms with Crippen molar-refractivity contribution in [2.24, 2.45) is 11.8 Å². The molecule has 1 heterocycles. The van der Waals surface area contributed by atoms with Crippen LogP contribution in [0.2, 0.25) is 0 Å². The van der Waals surface area contributed by atoms with E-state index in [9.17, 15) is 14.7 Å². The van der Waals surface area contributed by atoms with E-state index in [1.807, 2.05) is 24.3 Å². The number of hydrogen-bond acceptors (Lipinski definition) is 4. The van der Waals surface area contributed by atoms with Gasteiger partial charge in [-0.3, -0.25) is 9.59 Å². The molecule has 3 rings (SSSR count). The number of fused-ring (bicyclic) bond motifs is 1. The van der Waals surface area contributed by atoms with Gasteiger partial charge in [0.2, 0.25) is 5.91 Å². The quantitative estimate of drug-likeness (QED) is 0.884. The number of aliphatic carboxylic acids is 1. The Morgan fingerprint density at radius 2 is 1.83 bits per heavy atom. The molecule has 0 aromatic heterocycles. The van der Waals surface area contributed by atoms with E-state index in [0.29, 0.717) is 37.5 Å². The molecule has 6 nitrogen and oxygen atoms in total. The van der Waals surface area contributed by atoms with Crippen molar-refractivity contribution in [3.8, 4) is 11.5 Å². The van der Waals surface area contributed by atoms with Crippen molar-refractivity contribution in [3.05, 3.63) is 24.3 Å². The SMILES string of the molecule is O=C(O)[C@H]1CCCC[C@@H]1C(=O)NC[C@H]1COc2ccccc2O1. The van der Waals surface area contributed by atoms with Crippen molar-refractivity contribution in [2.75, 3.05) is 13.2 Å². The summed E-state index contributed by atoms with van der Waals surface area (Å²) in [7, 11) is 0. The Kier molecular flexibility index (Phi) is 4.69. The highest BCUT2D eigenvalue weighted by atomic mass is 16.6. The van der Waals surface area contributed by atoms with Crippen LogP contribution < -0.4 is 14.8 Å². The Morgan fingerprint density at radius 1 is 1.13 bits per heavy atom. The average molecular weight is 319 g/mol. The van der Waals surface area contributed by atoms with Crippen molar-refractivity contribution < 1.29 is 24.2 Å². The molecule has 1 saturated carbocycles. The van der Waals surface area contributed by atoms with Gasteiger partial charge in [0.05, 0.1) is 18.4 Å². The molecule has 0 saturated heterocycles. The zero-order valence-electron chi connectivity index (χ0n) is 12.9. The van der Waals surface area contributed by atoms with Crippen LogP contribution in [0.4, 0.5) is 0 Å². The highest BCUT2D eigenvalue weighted by Crippen LogP contribution is 2.32. The Labute approximate surface area is 134 Å². The van der Waals surface area contributed by atoms with E-state index in [4.69, 9.17) is 9.47 Å². The van der Waals surface area contributed by atoms with Crippen LogP contribution in [0.1, 0.15) is 25.7 Å². The van der Waals surface area contributed by atoms with Crippen LogP contribution >= 0.6 is 0 Å². The summed E-state index contributed by atoms with van der Waals surface area (Å²) in [4.78, 5) is 23.6. The molecule has 1 aliphatic carbocycles. The van der Waals surface area contributed by atoms with Crippen LogP contribution in [0.3, 0.4) is 0 Å². The van der Waals surface area contributed by atoms with Crippen LogP contribution in [0.25, 0.3) is 0 Å². The normalized spacial score (nSPS) is 26.3. The zero-order chi connectivity index (χ0) is 16.2. The third kappa shape index (κ3) is 3.57. The molecule has 0 bridgehead atoms. The second-order valence-corrected chi connectivity index (χ2v) is 6.08. The molecule has 0 unspecified atom stereocenters. The first kappa shape index (κ1) is 15.6. The fourth-order valence-electron chi connectivity index (χ4n) is 3.25. The van der Waals surface area contributed by atoms with Gasteiger partial charge in [0.25, 0.3) is 0 Å². The first-order valence-electron chi connectivity index (χ1n) is 8.04. The summed E-state index contributed by atoms with van der Waals surface area (Å²) >= 11 is 0. The molecular weight excluding hydrogens is 298 g/mol. The van der Waals surface area contributed by atoms with Gasteiger partial charge in [-0.2, -0.15) is 0 Å². The molecule has 2 N–H and O–H groups in total. The van der Waals surface area contributed by atoms with Crippen molar-refractivity contribution in [1.82, 2.24) is 5.32 Å². The van der Waals surface area contributed by atoms with Gasteiger partial charge in [0, 0.05) is 0 Å². The van der Waals surface area contributed by atoms with Gasteiger partial charge >= 0.3 is 5.97 Å².